The average Bonchev–Trinajstić information content (AvgIpc) is 2.89. The van der Waals surface area contributed by atoms with Gasteiger partial charge in [0.2, 0.25) is 0 Å². The van der Waals surface area contributed by atoms with Crippen LogP contribution in [0.5, 0.6) is 0 Å². The van der Waals surface area contributed by atoms with Gasteiger partial charge in [0, 0.05) is 11.8 Å². The topological polar surface area (TPSA) is 28.4 Å². The SMILES string of the molecule is CNCc1ccc(CN(C)C2CCSC2)o1. The van der Waals surface area contributed by atoms with E-state index in [2.05, 4.69) is 41.2 Å². The zero-order chi connectivity index (χ0) is 11.4. The Labute approximate surface area is 102 Å². The molecule has 1 N–H and O–H groups in total. The predicted octanol–water partition coefficient (Wildman–Crippen LogP) is 1.94. The van der Waals surface area contributed by atoms with Crippen LogP contribution in [0.4, 0.5) is 0 Å². The third-order valence-corrected chi connectivity index (χ3v) is 4.15. The summed E-state index contributed by atoms with van der Waals surface area (Å²) in [4.78, 5) is 2.40. The van der Waals surface area contributed by atoms with Crippen molar-refractivity contribution in [1.29, 1.82) is 0 Å². The minimum absolute atomic E-state index is 0.725. The highest BCUT2D eigenvalue weighted by Crippen LogP contribution is 2.22. The Balaban J connectivity index is 1.87. The van der Waals surface area contributed by atoms with E-state index in [0.717, 1.165) is 30.7 Å². The Hall–Kier alpha value is -0.450. The van der Waals surface area contributed by atoms with Gasteiger partial charge in [0.05, 0.1) is 13.1 Å². The zero-order valence-electron chi connectivity index (χ0n) is 10.0. The Morgan fingerprint density at radius 3 is 3.00 bits per heavy atom. The molecule has 16 heavy (non-hydrogen) atoms. The average molecular weight is 240 g/mol. The summed E-state index contributed by atoms with van der Waals surface area (Å²) in [6.45, 7) is 1.73. The second kappa shape index (κ2) is 5.75. The third kappa shape index (κ3) is 3.03. The van der Waals surface area contributed by atoms with E-state index in [1.165, 1.54) is 17.9 Å². The monoisotopic (exact) mass is 240 g/mol. The molecular formula is C12H20N2OS. The van der Waals surface area contributed by atoms with Crippen molar-refractivity contribution in [2.24, 2.45) is 0 Å². The summed E-state index contributed by atoms with van der Waals surface area (Å²) in [7, 11) is 4.13. The lowest BCUT2D eigenvalue weighted by Crippen LogP contribution is -2.30. The first kappa shape index (κ1) is 12.0. The van der Waals surface area contributed by atoms with Gasteiger partial charge in [-0.1, -0.05) is 0 Å². The molecule has 0 radical (unpaired) electrons. The molecule has 1 aliphatic heterocycles. The molecule has 1 unspecified atom stereocenters. The molecule has 1 aliphatic rings. The van der Waals surface area contributed by atoms with Crippen LogP contribution in [0.1, 0.15) is 17.9 Å². The van der Waals surface area contributed by atoms with E-state index in [4.69, 9.17) is 4.42 Å². The summed E-state index contributed by atoms with van der Waals surface area (Å²) in [5.41, 5.74) is 0. The van der Waals surface area contributed by atoms with E-state index in [0.29, 0.717) is 0 Å². The van der Waals surface area contributed by atoms with Crippen molar-refractivity contribution < 1.29 is 4.42 Å². The Morgan fingerprint density at radius 1 is 1.50 bits per heavy atom. The largest absolute Gasteiger partial charge is 0.463 e. The number of rotatable bonds is 5. The molecule has 0 aliphatic carbocycles. The molecule has 1 aromatic rings. The van der Waals surface area contributed by atoms with Crippen molar-refractivity contribution in [3.8, 4) is 0 Å². The van der Waals surface area contributed by atoms with E-state index >= 15 is 0 Å². The molecule has 90 valence electrons. The first-order chi connectivity index (χ1) is 7.79. The minimum atomic E-state index is 0.725. The van der Waals surface area contributed by atoms with Crippen LogP contribution in [0, 0.1) is 0 Å². The van der Waals surface area contributed by atoms with Gasteiger partial charge in [-0.2, -0.15) is 11.8 Å². The van der Waals surface area contributed by atoms with Gasteiger partial charge in [-0.05, 0) is 38.4 Å². The lowest BCUT2D eigenvalue weighted by Gasteiger charge is -2.21. The van der Waals surface area contributed by atoms with Crippen molar-refractivity contribution >= 4 is 11.8 Å². The van der Waals surface area contributed by atoms with Gasteiger partial charge in [0.15, 0.2) is 0 Å². The molecule has 1 atom stereocenters. The number of nitrogens with one attached hydrogen (secondary N) is 1. The van der Waals surface area contributed by atoms with Crippen LogP contribution in [0.25, 0.3) is 0 Å². The molecular weight excluding hydrogens is 220 g/mol. The van der Waals surface area contributed by atoms with E-state index in [-0.39, 0.29) is 0 Å². The van der Waals surface area contributed by atoms with Gasteiger partial charge >= 0.3 is 0 Å². The zero-order valence-corrected chi connectivity index (χ0v) is 10.8. The lowest BCUT2D eigenvalue weighted by atomic mass is 10.2. The summed E-state index contributed by atoms with van der Waals surface area (Å²) in [6.07, 6.45) is 1.31. The summed E-state index contributed by atoms with van der Waals surface area (Å²) >= 11 is 2.05. The first-order valence-electron chi connectivity index (χ1n) is 5.80. The second-order valence-corrected chi connectivity index (χ2v) is 5.48. The molecule has 1 fully saturated rings. The highest BCUT2D eigenvalue weighted by atomic mass is 32.2. The Bertz CT molecular complexity index is 321. The van der Waals surface area contributed by atoms with Gasteiger partial charge in [-0.3, -0.25) is 4.90 Å². The van der Waals surface area contributed by atoms with Crippen molar-refractivity contribution in [2.75, 3.05) is 25.6 Å². The van der Waals surface area contributed by atoms with Gasteiger partial charge in [0.1, 0.15) is 11.5 Å². The normalized spacial score (nSPS) is 20.8. The summed E-state index contributed by atoms with van der Waals surface area (Å²) < 4.78 is 5.74. The molecule has 3 nitrogen and oxygen atoms in total. The molecule has 1 saturated heterocycles. The Kier molecular flexibility index (Phi) is 4.32. The number of thioether (sulfide) groups is 1. The van der Waals surface area contributed by atoms with E-state index in [9.17, 15) is 0 Å². The number of furan rings is 1. The molecule has 4 heteroatoms. The minimum Gasteiger partial charge on any atom is -0.463 e. The number of hydrogen-bond acceptors (Lipinski definition) is 4. The van der Waals surface area contributed by atoms with E-state index in [1.807, 2.05) is 7.05 Å². The standard InChI is InChI=1S/C12H20N2OS/c1-13-7-11-3-4-12(15-11)8-14(2)10-5-6-16-9-10/h3-4,10,13H,5-9H2,1-2H3. The highest BCUT2D eigenvalue weighted by molar-refractivity contribution is 7.99. The fraction of sp³-hybridized carbons (Fsp3) is 0.667. The summed E-state index contributed by atoms with van der Waals surface area (Å²) in [6, 6.07) is 4.87. The smallest absolute Gasteiger partial charge is 0.118 e. The molecule has 0 aromatic carbocycles. The maximum Gasteiger partial charge on any atom is 0.118 e. The van der Waals surface area contributed by atoms with Crippen molar-refractivity contribution in [3.63, 3.8) is 0 Å². The first-order valence-corrected chi connectivity index (χ1v) is 6.95. The maximum atomic E-state index is 5.74. The van der Waals surface area contributed by atoms with Gasteiger partial charge < -0.3 is 9.73 Å². The van der Waals surface area contributed by atoms with Gasteiger partial charge in [-0.25, -0.2) is 0 Å². The lowest BCUT2D eigenvalue weighted by molar-refractivity contribution is 0.231. The number of nitrogens with zero attached hydrogens (tertiary/aromatic N) is 1. The molecule has 2 rings (SSSR count). The van der Waals surface area contributed by atoms with Gasteiger partial charge in [-0.15, -0.1) is 0 Å². The van der Waals surface area contributed by atoms with Crippen LogP contribution in [0.2, 0.25) is 0 Å². The van der Waals surface area contributed by atoms with Crippen LogP contribution in [0.15, 0.2) is 16.5 Å². The molecule has 1 aromatic heterocycles. The maximum absolute atomic E-state index is 5.74. The van der Waals surface area contributed by atoms with Crippen LogP contribution in [-0.4, -0.2) is 36.5 Å². The Morgan fingerprint density at radius 2 is 2.31 bits per heavy atom. The van der Waals surface area contributed by atoms with Crippen LogP contribution < -0.4 is 5.32 Å². The van der Waals surface area contributed by atoms with E-state index < -0.39 is 0 Å². The van der Waals surface area contributed by atoms with Crippen LogP contribution in [0.3, 0.4) is 0 Å². The molecule has 0 saturated carbocycles. The quantitative estimate of drug-likeness (QED) is 0.851. The van der Waals surface area contributed by atoms with Gasteiger partial charge in [0.25, 0.3) is 0 Å². The van der Waals surface area contributed by atoms with Crippen LogP contribution in [-0.2, 0) is 13.1 Å². The molecule has 2 heterocycles. The van der Waals surface area contributed by atoms with Crippen LogP contribution >= 0.6 is 11.8 Å². The highest BCUT2D eigenvalue weighted by Gasteiger charge is 2.20. The molecule has 0 spiro atoms. The fourth-order valence-electron chi connectivity index (χ4n) is 2.02. The predicted molar refractivity (Wildman–Crippen MR) is 68.7 cm³/mol. The summed E-state index contributed by atoms with van der Waals surface area (Å²) in [5.74, 6) is 4.66. The van der Waals surface area contributed by atoms with E-state index in [1.54, 1.807) is 0 Å². The third-order valence-electron chi connectivity index (χ3n) is 3.00. The fourth-order valence-corrected chi connectivity index (χ4v) is 3.32. The number of hydrogen-bond donors (Lipinski definition) is 1. The van der Waals surface area contributed by atoms with Crippen molar-refractivity contribution in [3.05, 3.63) is 23.7 Å². The second-order valence-electron chi connectivity index (χ2n) is 4.33. The van der Waals surface area contributed by atoms with Crippen molar-refractivity contribution in [2.45, 2.75) is 25.6 Å². The molecule has 0 amide bonds. The summed E-state index contributed by atoms with van der Waals surface area (Å²) in [5, 5.41) is 3.10. The van der Waals surface area contributed by atoms with Crippen molar-refractivity contribution in [1.82, 2.24) is 10.2 Å². The molecule has 0 bridgehead atoms.